The summed E-state index contributed by atoms with van der Waals surface area (Å²) in [6.07, 6.45) is 2.90. The fourth-order valence-electron chi connectivity index (χ4n) is 4.57. The molecule has 1 fully saturated rings. The quantitative estimate of drug-likeness (QED) is 0.279. The average molecular weight is 596 g/mol. The van der Waals surface area contributed by atoms with Gasteiger partial charge in [-0.1, -0.05) is 22.0 Å². The van der Waals surface area contributed by atoms with Gasteiger partial charge in [-0.05, 0) is 72.4 Å². The van der Waals surface area contributed by atoms with Crippen LogP contribution in [-0.4, -0.2) is 27.6 Å². The van der Waals surface area contributed by atoms with E-state index in [9.17, 15) is 22.9 Å². The number of carbonyl (C=O) groups excluding carboxylic acids is 1. The van der Waals surface area contributed by atoms with Crippen molar-refractivity contribution in [2.24, 2.45) is 0 Å². The van der Waals surface area contributed by atoms with Crippen molar-refractivity contribution in [1.82, 2.24) is 5.32 Å². The second-order valence-electron chi connectivity index (χ2n) is 9.26. The molecule has 0 unspecified atom stereocenters. The Kier molecular flexibility index (Phi) is 6.75. The number of amides is 1. The second-order valence-corrected chi connectivity index (χ2v) is 12.1. The van der Waals surface area contributed by atoms with Gasteiger partial charge in [0.25, 0.3) is 5.91 Å². The van der Waals surface area contributed by atoms with Gasteiger partial charge in [0.1, 0.15) is 17.2 Å². The van der Waals surface area contributed by atoms with E-state index in [-0.39, 0.29) is 24.1 Å². The SMILES string of the molecule is CNC(=O)c1c(-c2ccc(F)cc2)oc2cc(N(Cc3ccc(Br)cc3C#N)S(C)(=O)=O)c(C3CC3)cc12. The number of hydrogen-bond acceptors (Lipinski definition) is 5. The molecule has 3 aromatic carbocycles. The first-order valence-electron chi connectivity index (χ1n) is 11.9. The summed E-state index contributed by atoms with van der Waals surface area (Å²) in [4.78, 5) is 13.0. The first-order chi connectivity index (χ1) is 18.1. The number of furan rings is 1. The van der Waals surface area contributed by atoms with E-state index in [2.05, 4.69) is 27.3 Å². The Morgan fingerprint density at radius 3 is 2.50 bits per heavy atom. The zero-order valence-electron chi connectivity index (χ0n) is 20.6. The lowest BCUT2D eigenvalue weighted by atomic mass is 10.00. The minimum absolute atomic E-state index is 0.0476. The predicted molar refractivity (Wildman–Crippen MR) is 147 cm³/mol. The van der Waals surface area contributed by atoms with Gasteiger partial charge in [0, 0.05) is 28.5 Å². The Bertz CT molecular complexity index is 1720. The number of fused-ring (bicyclic) bond motifs is 1. The molecule has 1 aliphatic rings. The van der Waals surface area contributed by atoms with Gasteiger partial charge in [0.15, 0.2) is 0 Å². The highest BCUT2D eigenvalue weighted by molar-refractivity contribution is 9.10. The highest BCUT2D eigenvalue weighted by Gasteiger charge is 2.33. The van der Waals surface area contributed by atoms with Crippen LogP contribution in [0.3, 0.4) is 0 Å². The van der Waals surface area contributed by atoms with Crippen LogP contribution in [-0.2, 0) is 16.6 Å². The van der Waals surface area contributed by atoms with E-state index in [1.165, 1.54) is 35.6 Å². The lowest BCUT2D eigenvalue weighted by Gasteiger charge is -2.26. The summed E-state index contributed by atoms with van der Waals surface area (Å²) in [6.45, 7) is -0.0476. The molecule has 0 radical (unpaired) electrons. The van der Waals surface area contributed by atoms with Crippen LogP contribution in [0.2, 0.25) is 0 Å². The topological polar surface area (TPSA) is 103 Å². The van der Waals surface area contributed by atoms with Gasteiger partial charge in [-0.25, -0.2) is 12.8 Å². The van der Waals surface area contributed by atoms with Gasteiger partial charge in [0.05, 0.1) is 35.7 Å². The van der Waals surface area contributed by atoms with Crippen molar-refractivity contribution in [3.8, 4) is 17.4 Å². The summed E-state index contributed by atoms with van der Waals surface area (Å²) in [5, 5.41) is 12.8. The van der Waals surface area contributed by atoms with E-state index in [0.29, 0.717) is 38.9 Å². The third-order valence-corrected chi connectivity index (χ3v) is 8.21. The van der Waals surface area contributed by atoms with E-state index in [1.807, 2.05) is 6.07 Å². The molecular weight excluding hydrogens is 573 g/mol. The van der Waals surface area contributed by atoms with Crippen LogP contribution in [0.15, 0.2) is 63.5 Å². The number of sulfonamides is 1. The first-order valence-corrected chi connectivity index (χ1v) is 14.5. The van der Waals surface area contributed by atoms with E-state index >= 15 is 0 Å². The van der Waals surface area contributed by atoms with Crippen molar-refractivity contribution in [2.45, 2.75) is 25.3 Å². The van der Waals surface area contributed by atoms with Gasteiger partial charge < -0.3 is 9.73 Å². The molecule has 1 aromatic heterocycles. The normalized spacial score (nSPS) is 13.3. The number of anilines is 1. The van der Waals surface area contributed by atoms with Gasteiger partial charge in [-0.2, -0.15) is 5.26 Å². The average Bonchev–Trinajstić information content (AvgIpc) is 3.66. The largest absolute Gasteiger partial charge is 0.455 e. The minimum Gasteiger partial charge on any atom is -0.455 e. The third-order valence-electron chi connectivity index (χ3n) is 6.59. The predicted octanol–water partition coefficient (Wildman–Crippen LogP) is 6.08. The van der Waals surface area contributed by atoms with Crippen molar-refractivity contribution in [3.05, 3.63) is 87.1 Å². The van der Waals surface area contributed by atoms with E-state index in [0.717, 1.165) is 29.1 Å². The molecule has 4 aromatic rings. The van der Waals surface area contributed by atoms with Crippen LogP contribution in [0.25, 0.3) is 22.3 Å². The molecule has 1 N–H and O–H groups in total. The number of nitrogens with one attached hydrogen (secondary N) is 1. The molecule has 10 heteroatoms. The van der Waals surface area contributed by atoms with Crippen molar-refractivity contribution in [2.75, 3.05) is 17.6 Å². The summed E-state index contributed by atoms with van der Waals surface area (Å²) < 4.78 is 48.0. The first kappa shape index (κ1) is 25.9. The zero-order valence-corrected chi connectivity index (χ0v) is 23.0. The number of carbonyl (C=O) groups is 1. The molecule has 1 aliphatic carbocycles. The smallest absolute Gasteiger partial charge is 0.255 e. The number of nitrogens with zero attached hydrogens (tertiary/aromatic N) is 2. The molecule has 194 valence electrons. The molecule has 0 bridgehead atoms. The molecule has 1 heterocycles. The highest BCUT2D eigenvalue weighted by Crippen LogP contribution is 2.48. The lowest BCUT2D eigenvalue weighted by molar-refractivity contribution is 0.0964. The Labute approximate surface area is 228 Å². The van der Waals surface area contributed by atoms with E-state index < -0.39 is 15.8 Å². The zero-order chi connectivity index (χ0) is 27.2. The van der Waals surface area contributed by atoms with E-state index in [1.54, 1.807) is 24.3 Å². The maximum atomic E-state index is 13.6. The van der Waals surface area contributed by atoms with Gasteiger partial charge >= 0.3 is 0 Å². The fourth-order valence-corrected chi connectivity index (χ4v) is 5.82. The molecule has 5 rings (SSSR count). The van der Waals surface area contributed by atoms with Gasteiger partial charge in [-0.3, -0.25) is 9.10 Å². The number of hydrogen-bond donors (Lipinski definition) is 1. The van der Waals surface area contributed by atoms with Crippen LogP contribution >= 0.6 is 15.9 Å². The molecular formula is C28H23BrFN3O4S. The third kappa shape index (κ3) is 4.91. The van der Waals surface area contributed by atoms with Crippen molar-refractivity contribution >= 4 is 48.5 Å². The highest BCUT2D eigenvalue weighted by atomic mass is 79.9. The summed E-state index contributed by atoms with van der Waals surface area (Å²) in [5.74, 6) is -0.395. The maximum Gasteiger partial charge on any atom is 0.255 e. The Morgan fingerprint density at radius 1 is 1.18 bits per heavy atom. The molecule has 7 nitrogen and oxygen atoms in total. The number of benzene rings is 3. The molecule has 0 saturated heterocycles. The van der Waals surface area contributed by atoms with Gasteiger partial charge in [-0.15, -0.1) is 0 Å². The van der Waals surface area contributed by atoms with E-state index in [4.69, 9.17) is 4.42 Å². The van der Waals surface area contributed by atoms with Crippen LogP contribution < -0.4 is 9.62 Å². The van der Waals surface area contributed by atoms with Crippen LogP contribution in [0.4, 0.5) is 10.1 Å². The number of nitriles is 1. The number of rotatable bonds is 7. The number of halogens is 2. The van der Waals surface area contributed by atoms with Crippen LogP contribution in [0.5, 0.6) is 0 Å². The monoisotopic (exact) mass is 595 g/mol. The second kappa shape index (κ2) is 9.89. The Morgan fingerprint density at radius 2 is 1.89 bits per heavy atom. The molecule has 0 aliphatic heterocycles. The molecule has 0 atom stereocenters. The van der Waals surface area contributed by atoms with Gasteiger partial charge in [0.2, 0.25) is 10.0 Å². The molecule has 1 amide bonds. The Hall–Kier alpha value is -3.68. The maximum absolute atomic E-state index is 13.6. The Balaban J connectivity index is 1.73. The summed E-state index contributed by atoms with van der Waals surface area (Å²) in [6, 6.07) is 16.4. The molecule has 38 heavy (non-hydrogen) atoms. The van der Waals surface area contributed by atoms with Crippen LogP contribution in [0, 0.1) is 17.1 Å². The fraction of sp³-hybridized carbons (Fsp3) is 0.214. The van der Waals surface area contributed by atoms with Crippen LogP contribution in [0.1, 0.15) is 45.8 Å². The molecule has 1 saturated carbocycles. The standard InChI is InChI=1S/C28H23BrFN3O4S/c1-32-28(34)26-23-12-22(16-3-4-16)24(13-25(23)37-27(26)17-6-9-21(30)10-7-17)33(38(2,35)36)15-18-5-8-20(29)11-19(18)14-31/h5-13,16H,3-4,15H2,1-2H3,(H,32,34). The molecule has 0 spiro atoms. The van der Waals surface area contributed by atoms with Crippen molar-refractivity contribution in [3.63, 3.8) is 0 Å². The van der Waals surface area contributed by atoms with Crippen molar-refractivity contribution in [1.29, 1.82) is 5.26 Å². The summed E-state index contributed by atoms with van der Waals surface area (Å²) in [5.41, 5.74) is 3.29. The summed E-state index contributed by atoms with van der Waals surface area (Å²) >= 11 is 3.35. The summed E-state index contributed by atoms with van der Waals surface area (Å²) in [7, 11) is -2.26. The lowest BCUT2D eigenvalue weighted by Crippen LogP contribution is -2.30. The minimum atomic E-state index is -3.78. The van der Waals surface area contributed by atoms with Crippen molar-refractivity contribution < 1.29 is 22.0 Å².